The van der Waals surface area contributed by atoms with Gasteiger partial charge in [0.05, 0.1) is 11.1 Å². The highest BCUT2D eigenvalue weighted by molar-refractivity contribution is 9.10. The Morgan fingerprint density at radius 1 is 0.500 bits per heavy atom. The van der Waals surface area contributed by atoms with E-state index in [1.54, 1.807) is 60.7 Å². The average Bonchev–Trinajstić information content (AvgIpc) is 2.80. The van der Waals surface area contributed by atoms with Gasteiger partial charge in [-0.3, -0.25) is 9.59 Å². The molecule has 4 nitrogen and oxygen atoms in total. The lowest BCUT2D eigenvalue weighted by molar-refractivity contribution is 0.0975. The lowest BCUT2D eigenvalue weighted by atomic mass is 9.83. The van der Waals surface area contributed by atoms with Gasteiger partial charge in [0.15, 0.2) is 11.6 Å². The van der Waals surface area contributed by atoms with Gasteiger partial charge in [-0.15, -0.1) is 0 Å². The van der Waals surface area contributed by atoms with Crippen molar-refractivity contribution in [3.8, 4) is 23.0 Å². The summed E-state index contributed by atoms with van der Waals surface area (Å²) < 4.78 is 13.8. The summed E-state index contributed by atoms with van der Waals surface area (Å²) >= 11 is 6.78. The van der Waals surface area contributed by atoms with Crippen LogP contribution in [-0.4, -0.2) is 11.6 Å². The molecule has 0 saturated heterocycles. The summed E-state index contributed by atoms with van der Waals surface area (Å²) in [6.45, 7) is 0. The minimum absolute atomic E-state index is 0.258. The number of benzene rings is 4. The highest BCUT2D eigenvalue weighted by Gasteiger charge is 2.35. The van der Waals surface area contributed by atoms with Crippen LogP contribution in [0.4, 0.5) is 0 Å². The number of carbonyl (C=O) groups is 2. The van der Waals surface area contributed by atoms with Gasteiger partial charge >= 0.3 is 0 Å². The molecule has 6 heteroatoms. The van der Waals surface area contributed by atoms with E-state index in [2.05, 4.69) is 31.9 Å². The number of rotatable bonds is 4. The van der Waals surface area contributed by atoms with Crippen LogP contribution >= 0.6 is 31.9 Å². The van der Waals surface area contributed by atoms with E-state index in [0.29, 0.717) is 34.1 Å². The highest BCUT2D eigenvalue weighted by Crippen LogP contribution is 2.39. The van der Waals surface area contributed by atoms with Gasteiger partial charge in [-0.2, -0.15) is 0 Å². The van der Waals surface area contributed by atoms with Crippen molar-refractivity contribution in [1.29, 1.82) is 0 Å². The summed E-state index contributed by atoms with van der Waals surface area (Å²) in [6, 6.07) is 24.6. The fourth-order valence-electron chi connectivity index (χ4n) is 3.61. The zero-order valence-corrected chi connectivity index (χ0v) is 19.6. The van der Waals surface area contributed by atoms with Gasteiger partial charge < -0.3 is 9.47 Å². The third-order valence-corrected chi connectivity index (χ3v) is 6.14. The molecule has 0 atom stereocenters. The Kier molecular flexibility index (Phi) is 5.41. The second kappa shape index (κ2) is 8.37. The van der Waals surface area contributed by atoms with Crippen molar-refractivity contribution in [2.45, 2.75) is 0 Å². The Bertz CT molecular complexity index is 1250. The molecule has 1 aliphatic rings. The predicted molar refractivity (Wildman–Crippen MR) is 128 cm³/mol. The van der Waals surface area contributed by atoms with Crippen LogP contribution in [0, 0.1) is 0 Å². The molecule has 32 heavy (non-hydrogen) atoms. The Labute approximate surface area is 201 Å². The van der Waals surface area contributed by atoms with E-state index in [9.17, 15) is 9.59 Å². The summed E-state index contributed by atoms with van der Waals surface area (Å²) in [5.74, 6) is 1.27. The van der Waals surface area contributed by atoms with E-state index < -0.39 is 0 Å². The van der Waals surface area contributed by atoms with Crippen LogP contribution in [-0.2, 0) is 0 Å². The number of carbonyl (C=O) groups excluding carboxylic acids is 2. The second-order valence-electron chi connectivity index (χ2n) is 7.13. The van der Waals surface area contributed by atoms with Gasteiger partial charge in [0.1, 0.15) is 23.0 Å². The van der Waals surface area contributed by atoms with Crippen LogP contribution in [0.5, 0.6) is 23.0 Å². The summed E-state index contributed by atoms with van der Waals surface area (Å²) in [7, 11) is 0. The van der Waals surface area contributed by atoms with E-state index in [4.69, 9.17) is 9.47 Å². The van der Waals surface area contributed by atoms with E-state index in [0.717, 1.165) is 8.95 Å². The minimum Gasteiger partial charge on any atom is -0.457 e. The first-order chi connectivity index (χ1) is 15.5. The van der Waals surface area contributed by atoms with Gasteiger partial charge in [-0.1, -0.05) is 56.1 Å². The van der Waals surface area contributed by atoms with Gasteiger partial charge in [-0.25, -0.2) is 0 Å². The minimum atomic E-state index is -0.274. The molecular weight excluding hydrogens is 536 g/mol. The Morgan fingerprint density at radius 3 is 1.25 bits per heavy atom. The SMILES string of the molecule is O=C1c2cccc(Oc3ccc(Br)cc3)c2C(=O)c2cccc(Oc3ccc(Br)cc3)c21. The lowest BCUT2D eigenvalue weighted by Gasteiger charge is -2.22. The monoisotopic (exact) mass is 548 g/mol. The van der Waals surface area contributed by atoms with Crippen LogP contribution in [0.25, 0.3) is 0 Å². The molecule has 0 amide bonds. The van der Waals surface area contributed by atoms with E-state index in [1.165, 1.54) is 0 Å². The molecule has 0 spiro atoms. The van der Waals surface area contributed by atoms with Gasteiger partial charge in [0, 0.05) is 20.1 Å². The fraction of sp³-hybridized carbons (Fsp3) is 0. The molecule has 5 rings (SSSR count). The van der Waals surface area contributed by atoms with Crippen LogP contribution in [0.15, 0.2) is 93.9 Å². The first kappa shape index (κ1) is 20.7. The van der Waals surface area contributed by atoms with E-state index in [-0.39, 0.29) is 22.7 Å². The standard InChI is InChI=1S/C26H14Br2O4/c27-15-7-11-17(12-8-15)31-21-5-1-3-19-23(21)26(30)20-4-2-6-22(24(20)25(19)29)32-18-13-9-16(28)10-14-18/h1-14H. The average molecular weight is 550 g/mol. The molecule has 0 saturated carbocycles. The summed E-state index contributed by atoms with van der Waals surface area (Å²) in [5.41, 5.74) is 1.11. The first-order valence-corrected chi connectivity index (χ1v) is 11.3. The molecular formula is C26H14Br2O4. The summed E-state index contributed by atoms with van der Waals surface area (Å²) in [4.78, 5) is 26.9. The molecule has 0 aliphatic heterocycles. The third kappa shape index (κ3) is 3.76. The van der Waals surface area contributed by atoms with Crippen molar-refractivity contribution in [3.63, 3.8) is 0 Å². The largest absolute Gasteiger partial charge is 0.457 e. The molecule has 0 radical (unpaired) electrons. The number of ether oxygens (including phenoxy) is 2. The number of hydrogen-bond donors (Lipinski definition) is 0. The van der Waals surface area contributed by atoms with E-state index >= 15 is 0 Å². The Morgan fingerprint density at radius 2 is 0.875 bits per heavy atom. The molecule has 0 N–H and O–H groups in total. The molecule has 1 aliphatic carbocycles. The van der Waals surface area contributed by atoms with Crippen LogP contribution in [0.3, 0.4) is 0 Å². The normalized spacial score (nSPS) is 12.2. The maximum absolute atomic E-state index is 13.5. The van der Waals surface area contributed by atoms with Crippen molar-refractivity contribution >= 4 is 43.4 Å². The third-order valence-electron chi connectivity index (χ3n) is 5.08. The van der Waals surface area contributed by atoms with Crippen LogP contribution < -0.4 is 9.47 Å². The predicted octanol–water partition coefficient (Wildman–Crippen LogP) is 7.57. The Balaban J connectivity index is 1.56. The lowest BCUT2D eigenvalue weighted by Crippen LogP contribution is -2.22. The number of halogens is 2. The highest BCUT2D eigenvalue weighted by atomic mass is 79.9. The van der Waals surface area contributed by atoms with Gasteiger partial charge in [0.2, 0.25) is 0 Å². The topological polar surface area (TPSA) is 52.6 Å². The van der Waals surface area contributed by atoms with Crippen molar-refractivity contribution in [3.05, 3.63) is 116 Å². The smallest absolute Gasteiger partial charge is 0.198 e. The molecule has 0 heterocycles. The maximum Gasteiger partial charge on any atom is 0.198 e. The zero-order chi connectivity index (χ0) is 22.2. The van der Waals surface area contributed by atoms with Gasteiger partial charge in [-0.05, 0) is 60.7 Å². The van der Waals surface area contributed by atoms with Crippen LogP contribution in [0.1, 0.15) is 31.8 Å². The number of ketones is 2. The summed E-state index contributed by atoms with van der Waals surface area (Å²) in [5, 5.41) is 0. The van der Waals surface area contributed by atoms with Gasteiger partial charge in [0.25, 0.3) is 0 Å². The first-order valence-electron chi connectivity index (χ1n) is 9.73. The molecule has 0 unspecified atom stereocenters. The van der Waals surface area contributed by atoms with Crippen molar-refractivity contribution < 1.29 is 19.1 Å². The van der Waals surface area contributed by atoms with Crippen molar-refractivity contribution in [2.24, 2.45) is 0 Å². The quantitative estimate of drug-likeness (QED) is 0.232. The summed E-state index contributed by atoms with van der Waals surface area (Å²) in [6.07, 6.45) is 0. The van der Waals surface area contributed by atoms with Crippen molar-refractivity contribution in [2.75, 3.05) is 0 Å². The molecule has 0 aromatic heterocycles. The van der Waals surface area contributed by atoms with Crippen molar-refractivity contribution in [1.82, 2.24) is 0 Å². The molecule has 0 fully saturated rings. The fourth-order valence-corrected chi connectivity index (χ4v) is 4.14. The second-order valence-corrected chi connectivity index (χ2v) is 8.96. The number of fused-ring (bicyclic) bond motifs is 2. The zero-order valence-electron chi connectivity index (χ0n) is 16.5. The van der Waals surface area contributed by atoms with E-state index in [1.807, 2.05) is 24.3 Å². The molecule has 0 bridgehead atoms. The Hall–Kier alpha value is -3.22. The van der Waals surface area contributed by atoms with Crippen LogP contribution in [0.2, 0.25) is 0 Å². The molecule has 4 aromatic carbocycles. The number of hydrogen-bond acceptors (Lipinski definition) is 4. The maximum atomic E-state index is 13.5. The molecule has 156 valence electrons. The molecule has 4 aromatic rings.